The summed E-state index contributed by atoms with van der Waals surface area (Å²) in [6.07, 6.45) is 1.58. The zero-order valence-corrected chi connectivity index (χ0v) is 10.4. The van der Waals surface area contributed by atoms with Gasteiger partial charge in [0.25, 0.3) is 0 Å². The Morgan fingerprint density at radius 2 is 1.90 bits per heavy atom. The van der Waals surface area contributed by atoms with Crippen molar-refractivity contribution in [2.24, 2.45) is 0 Å². The van der Waals surface area contributed by atoms with Gasteiger partial charge in [-0.3, -0.25) is 0 Å². The van der Waals surface area contributed by atoms with Crippen LogP contribution in [0.4, 0.5) is 4.39 Å². The van der Waals surface area contributed by atoms with Gasteiger partial charge in [-0.05, 0) is 36.4 Å². The number of hydrogen-bond donors (Lipinski definition) is 2. The van der Waals surface area contributed by atoms with Crippen LogP contribution in [0.25, 0.3) is 28.4 Å². The van der Waals surface area contributed by atoms with Crippen molar-refractivity contribution in [1.29, 1.82) is 0 Å². The number of fused-ring (bicyclic) bond motifs is 1. The zero-order valence-electron chi connectivity index (χ0n) is 10.4. The minimum atomic E-state index is -0.713. The second-order valence-electron chi connectivity index (χ2n) is 4.43. The van der Waals surface area contributed by atoms with Crippen LogP contribution < -0.4 is 0 Å². The number of rotatable bonds is 2. The highest BCUT2D eigenvalue weighted by Crippen LogP contribution is 2.34. The van der Waals surface area contributed by atoms with Gasteiger partial charge in [-0.25, -0.2) is 4.39 Å². The average Bonchev–Trinajstić information content (AvgIpc) is 2.84. The molecule has 100 valence electrons. The van der Waals surface area contributed by atoms with E-state index in [-0.39, 0.29) is 5.75 Å². The highest BCUT2D eigenvalue weighted by molar-refractivity contribution is 5.90. The number of halogens is 1. The van der Waals surface area contributed by atoms with Crippen molar-refractivity contribution in [2.45, 2.75) is 0 Å². The lowest BCUT2D eigenvalue weighted by Gasteiger charge is -1.99. The monoisotopic (exact) mass is 270 g/mol. The Bertz CT molecular complexity index is 818. The molecule has 3 aromatic rings. The van der Waals surface area contributed by atoms with Crippen LogP contribution in [0, 0.1) is 5.82 Å². The Morgan fingerprint density at radius 3 is 2.60 bits per heavy atom. The van der Waals surface area contributed by atoms with Crippen LogP contribution in [-0.4, -0.2) is 10.2 Å². The van der Waals surface area contributed by atoms with E-state index >= 15 is 0 Å². The number of benzene rings is 2. The van der Waals surface area contributed by atoms with Gasteiger partial charge in [-0.15, -0.1) is 0 Å². The highest BCUT2D eigenvalue weighted by Gasteiger charge is 2.12. The summed E-state index contributed by atoms with van der Waals surface area (Å²) in [4.78, 5) is 0. The Hall–Kier alpha value is -2.75. The fourth-order valence-electron chi connectivity index (χ4n) is 2.12. The molecule has 0 aliphatic heterocycles. The van der Waals surface area contributed by atoms with Crippen molar-refractivity contribution in [2.75, 3.05) is 0 Å². The second-order valence-corrected chi connectivity index (χ2v) is 4.43. The van der Waals surface area contributed by atoms with Crippen molar-refractivity contribution in [3.63, 3.8) is 0 Å². The Labute approximate surface area is 114 Å². The van der Waals surface area contributed by atoms with E-state index in [1.54, 1.807) is 30.3 Å². The molecule has 0 bridgehead atoms. The lowest BCUT2D eigenvalue weighted by molar-refractivity contribution is 0.432. The maximum absolute atomic E-state index is 13.4. The van der Waals surface area contributed by atoms with E-state index in [1.807, 2.05) is 0 Å². The molecule has 0 saturated heterocycles. The van der Waals surface area contributed by atoms with Gasteiger partial charge in [0, 0.05) is 16.5 Å². The molecule has 2 N–H and O–H groups in total. The number of aromatic hydroxyl groups is 2. The van der Waals surface area contributed by atoms with Crippen LogP contribution in [0.1, 0.15) is 5.56 Å². The molecule has 3 rings (SSSR count). The van der Waals surface area contributed by atoms with E-state index in [4.69, 9.17) is 4.42 Å². The molecule has 20 heavy (non-hydrogen) atoms. The van der Waals surface area contributed by atoms with Crippen LogP contribution in [0.15, 0.2) is 47.4 Å². The summed E-state index contributed by atoms with van der Waals surface area (Å²) in [7, 11) is 0. The van der Waals surface area contributed by atoms with Gasteiger partial charge >= 0.3 is 0 Å². The first-order chi connectivity index (χ1) is 9.58. The van der Waals surface area contributed by atoms with E-state index in [0.29, 0.717) is 27.9 Å². The number of phenols is 2. The first kappa shape index (κ1) is 12.3. The lowest BCUT2D eigenvalue weighted by atomic mass is 10.1. The molecule has 0 fully saturated rings. The summed E-state index contributed by atoms with van der Waals surface area (Å²) < 4.78 is 19.1. The molecule has 1 aromatic heterocycles. The lowest BCUT2D eigenvalue weighted by Crippen LogP contribution is -1.78. The van der Waals surface area contributed by atoms with Gasteiger partial charge in [-0.1, -0.05) is 12.7 Å². The molecular weight excluding hydrogens is 259 g/mol. The quantitative estimate of drug-likeness (QED) is 0.730. The van der Waals surface area contributed by atoms with Crippen LogP contribution >= 0.6 is 0 Å². The molecule has 3 nitrogen and oxygen atoms in total. The fourth-order valence-corrected chi connectivity index (χ4v) is 2.12. The van der Waals surface area contributed by atoms with Crippen molar-refractivity contribution < 1.29 is 19.0 Å². The average molecular weight is 270 g/mol. The van der Waals surface area contributed by atoms with Gasteiger partial charge < -0.3 is 14.6 Å². The SMILES string of the molecule is C=Cc1cc(O)cc2cc(-c3ccc(O)c(F)c3)oc12. The topological polar surface area (TPSA) is 53.6 Å². The maximum Gasteiger partial charge on any atom is 0.165 e. The fraction of sp³-hybridized carbons (Fsp3) is 0. The number of phenolic OH excluding ortho intramolecular Hbond substituents is 2. The molecule has 0 atom stereocenters. The Kier molecular flexibility index (Phi) is 2.71. The molecule has 1 heterocycles. The van der Waals surface area contributed by atoms with Crippen LogP contribution in [0.3, 0.4) is 0 Å². The normalized spacial score (nSPS) is 10.8. The third-order valence-corrected chi connectivity index (χ3v) is 3.08. The highest BCUT2D eigenvalue weighted by atomic mass is 19.1. The first-order valence-electron chi connectivity index (χ1n) is 5.96. The van der Waals surface area contributed by atoms with E-state index < -0.39 is 11.6 Å². The van der Waals surface area contributed by atoms with Gasteiger partial charge in [0.15, 0.2) is 11.6 Å². The molecule has 0 spiro atoms. The minimum Gasteiger partial charge on any atom is -0.508 e. The van der Waals surface area contributed by atoms with Crippen molar-refractivity contribution in [3.05, 3.63) is 54.4 Å². The third kappa shape index (κ3) is 1.91. The van der Waals surface area contributed by atoms with Crippen LogP contribution in [-0.2, 0) is 0 Å². The summed E-state index contributed by atoms with van der Waals surface area (Å²) >= 11 is 0. The summed E-state index contributed by atoms with van der Waals surface area (Å²) in [5.74, 6) is -0.562. The molecule has 0 saturated carbocycles. The summed E-state index contributed by atoms with van der Waals surface area (Å²) in [6.45, 7) is 3.67. The van der Waals surface area contributed by atoms with E-state index in [1.165, 1.54) is 12.1 Å². The molecule has 0 radical (unpaired) electrons. The van der Waals surface area contributed by atoms with Crippen LogP contribution in [0.2, 0.25) is 0 Å². The smallest absolute Gasteiger partial charge is 0.165 e. The predicted octanol–water partition coefficient (Wildman–Crippen LogP) is 4.29. The summed E-state index contributed by atoms with van der Waals surface area (Å²) in [6, 6.07) is 8.83. The van der Waals surface area contributed by atoms with E-state index in [2.05, 4.69) is 6.58 Å². The standard InChI is InChI=1S/C16H11FO3/c1-2-9-5-12(18)6-11-8-15(20-16(9)11)10-3-4-14(19)13(17)7-10/h2-8,18-19H,1H2. The maximum atomic E-state index is 13.4. The molecule has 2 aromatic carbocycles. The molecule has 0 aliphatic carbocycles. The largest absolute Gasteiger partial charge is 0.508 e. The summed E-state index contributed by atoms with van der Waals surface area (Å²) in [5.41, 5.74) is 1.73. The minimum absolute atomic E-state index is 0.108. The Morgan fingerprint density at radius 1 is 1.10 bits per heavy atom. The van der Waals surface area contributed by atoms with Gasteiger partial charge in [-0.2, -0.15) is 0 Å². The number of hydrogen-bond acceptors (Lipinski definition) is 3. The van der Waals surface area contributed by atoms with Crippen molar-refractivity contribution in [3.8, 4) is 22.8 Å². The van der Waals surface area contributed by atoms with Crippen LogP contribution in [0.5, 0.6) is 11.5 Å². The molecule has 4 heteroatoms. The zero-order chi connectivity index (χ0) is 14.3. The molecule has 0 unspecified atom stereocenters. The predicted molar refractivity (Wildman–Crippen MR) is 75.0 cm³/mol. The Balaban J connectivity index is 2.22. The van der Waals surface area contributed by atoms with Gasteiger partial charge in [0.2, 0.25) is 0 Å². The summed E-state index contributed by atoms with van der Waals surface area (Å²) in [5, 5.41) is 19.5. The molecular formula is C16H11FO3. The third-order valence-electron chi connectivity index (χ3n) is 3.08. The molecule has 0 aliphatic rings. The van der Waals surface area contributed by atoms with E-state index in [9.17, 15) is 14.6 Å². The first-order valence-corrected chi connectivity index (χ1v) is 5.96. The van der Waals surface area contributed by atoms with Crippen molar-refractivity contribution >= 4 is 17.0 Å². The van der Waals surface area contributed by atoms with Gasteiger partial charge in [0.05, 0.1) is 0 Å². The van der Waals surface area contributed by atoms with E-state index in [0.717, 1.165) is 0 Å². The van der Waals surface area contributed by atoms with Crippen molar-refractivity contribution in [1.82, 2.24) is 0 Å². The second kappa shape index (κ2) is 4.42. The van der Waals surface area contributed by atoms with Gasteiger partial charge in [0.1, 0.15) is 17.1 Å². The number of furan rings is 1. The molecule has 0 amide bonds.